The maximum absolute atomic E-state index is 3.89. The summed E-state index contributed by atoms with van der Waals surface area (Å²) in [5.41, 5.74) is 0. The Kier molecular flexibility index (Phi) is 0.737. The molecule has 0 spiro atoms. The summed E-state index contributed by atoms with van der Waals surface area (Å²) in [6.07, 6.45) is 6.99. The zero-order valence-electron chi connectivity index (χ0n) is 4.65. The molecule has 0 unspecified atom stereocenters. The molecule has 0 atom stereocenters. The normalized spacial score (nSPS) is 12.0. The molecular weight excluding hydrogens is 114 g/mol. The lowest BCUT2D eigenvalue weighted by Gasteiger charge is -1.83. The molecule has 0 bridgehead atoms. The van der Waals surface area contributed by atoms with Gasteiger partial charge >= 0.3 is 5.82 Å². The van der Waals surface area contributed by atoms with Gasteiger partial charge in [0.25, 0.3) is 0 Å². The molecule has 0 amide bonds. The Labute approximate surface area is 52.0 Å². The fraction of sp³-hybridized carbons (Fsp3) is 0. The first kappa shape index (κ1) is 4.41. The van der Waals surface area contributed by atoms with Gasteiger partial charge in [0.15, 0.2) is 12.1 Å². The summed E-state index contributed by atoms with van der Waals surface area (Å²) in [4.78, 5) is 7.78. The molecule has 2 heterocycles. The molecule has 0 saturated carbocycles. The van der Waals surface area contributed by atoms with Crippen molar-refractivity contribution in [1.82, 2.24) is 4.98 Å². The standard InChI is InChI=1S/C6H4N3/c1-3-9-4-2-8-6(9)5-7-1/h1,3-5H/q+1. The summed E-state index contributed by atoms with van der Waals surface area (Å²) in [5.74, 6) is 3.54. The molecule has 0 aliphatic carbocycles. The largest absolute Gasteiger partial charge is 0.357 e. The Balaban J connectivity index is 2.72. The van der Waals surface area contributed by atoms with Gasteiger partial charge in [-0.15, -0.1) is 0 Å². The van der Waals surface area contributed by atoms with Crippen molar-refractivity contribution in [3.8, 4) is 0 Å². The van der Waals surface area contributed by atoms with E-state index >= 15 is 0 Å². The highest BCUT2D eigenvalue weighted by molar-refractivity contribution is 5.69. The fourth-order valence-electron chi connectivity index (χ4n) is 0.716. The van der Waals surface area contributed by atoms with E-state index in [1.165, 1.54) is 0 Å². The summed E-state index contributed by atoms with van der Waals surface area (Å²) < 4.78 is 1.85. The topological polar surface area (TPSA) is 29.1 Å². The van der Waals surface area contributed by atoms with Crippen molar-refractivity contribution in [1.29, 1.82) is 0 Å². The third kappa shape index (κ3) is 0.556. The van der Waals surface area contributed by atoms with E-state index in [0.717, 1.165) is 5.82 Å². The summed E-state index contributed by atoms with van der Waals surface area (Å²) in [7, 11) is 0. The van der Waals surface area contributed by atoms with Crippen molar-refractivity contribution in [2.45, 2.75) is 0 Å². The minimum atomic E-state index is 0.831. The van der Waals surface area contributed by atoms with E-state index in [1.54, 1.807) is 18.6 Å². The van der Waals surface area contributed by atoms with Crippen LogP contribution in [0.1, 0.15) is 0 Å². The quantitative estimate of drug-likeness (QED) is 0.453. The minimum Gasteiger partial charge on any atom is -0.252 e. The molecule has 1 aromatic heterocycles. The number of nitrogens with zero attached hydrogens (tertiary/aromatic N) is 3. The molecule has 42 valence electrons. The van der Waals surface area contributed by atoms with E-state index in [-0.39, 0.29) is 0 Å². The van der Waals surface area contributed by atoms with E-state index in [9.17, 15) is 0 Å². The third-order valence-electron chi connectivity index (χ3n) is 1.14. The third-order valence-corrected chi connectivity index (χ3v) is 1.14. The van der Waals surface area contributed by atoms with Crippen molar-refractivity contribution in [3.63, 3.8) is 0 Å². The van der Waals surface area contributed by atoms with Gasteiger partial charge in [0.1, 0.15) is 12.4 Å². The molecule has 2 rings (SSSR count). The zero-order chi connectivity index (χ0) is 6.10. The fourth-order valence-corrected chi connectivity index (χ4v) is 0.716. The van der Waals surface area contributed by atoms with Gasteiger partial charge < -0.3 is 0 Å². The summed E-state index contributed by atoms with van der Waals surface area (Å²) in [6, 6.07) is 0. The van der Waals surface area contributed by atoms with Gasteiger partial charge in [0.2, 0.25) is 0 Å². The SMILES string of the molecule is C1=C[n+]2ccncc2N=1. The smallest absolute Gasteiger partial charge is 0.252 e. The first-order valence-corrected chi connectivity index (χ1v) is 2.61. The lowest BCUT2D eigenvalue weighted by atomic mass is 10.6. The van der Waals surface area contributed by atoms with Crippen LogP contribution in [0.25, 0.3) is 6.20 Å². The van der Waals surface area contributed by atoms with Crippen LogP contribution >= 0.6 is 0 Å². The highest BCUT2D eigenvalue weighted by atomic mass is 15.1. The Hall–Kier alpha value is -1.47. The number of aliphatic imine (C=N–C) groups is 1. The van der Waals surface area contributed by atoms with Crippen LogP contribution in [-0.4, -0.2) is 10.9 Å². The molecule has 0 saturated heterocycles. The molecule has 0 aromatic carbocycles. The second kappa shape index (κ2) is 1.50. The average molecular weight is 118 g/mol. The summed E-state index contributed by atoms with van der Waals surface area (Å²) >= 11 is 0. The van der Waals surface area contributed by atoms with Crippen LogP contribution in [0.4, 0.5) is 5.82 Å². The highest BCUT2D eigenvalue weighted by Gasteiger charge is 2.08. The van der Waals surface area contributed by atoms with Crippen LogP contribution in [0.2, 0.25) is 0 Å². The average Bonchev–Trinajstić information content (AvgIpc) is 2.33. The number of hydrogen-bond donors (Lipinski definition) is 0. The molecule has 3 heteroatoms. The van der Waals surface area contributed by atoms with Gasteiger partial charge in [0, 0.05) is 4.99 Å². The molecule has 0 fully saturated rings. The second-order valence-electron chi connectivity index (χ2n) is 1.71. The lowest BCUT2D eigenvalue weighted by Crippen LogP contribution is -2.23. The van der Waals surface area contributed by atoms with Crippen LogP contribution in [0, 0.1) is 0 Å². The van der Waals surface area contributed by atoms with Gasteiger partial charge in [-0.3, -0.25) is 4.98 Å². The second-order valence-corrected chi connectivity index (χ2v) is 1.71. The van der Waals surface area contributed by atoms with Gasteiger partial charge in [-0.05, 0) is 0 Å². The van der Waals surface area contributed by atoms with Gasteiger partial charge in [-0.2, -0.15) is 4.57 Å². The molecule has 1 aromatic rings. The van der Waals surface area contributed by atoms with E-state index in [1.807, 2.05) is 10.8 Å². The zero-order valence-corrected chi connectivity index (χ0v) is 4.65. The first-order valence-electron chi connectivity index (χ1n) is 2.61. The van der Waals surface area contributed by atoms with Gasteiger partial charge in [-0.25, -0.2) is 0 Å². The highest BCUT2D eigenvalue weighted by Crippen LogP contribution is 2.01. The van der Waals surface area contributed by atoms with Crippen LogP contribution in [-0.2, 0) is 0 Å². The maximum atomic E-state index is 3.89. The van der Waals surface area contributed by atoms with Gasteiger partial charge in [-0.1, -0.05) is 0 Å². The summed E-state index contributed by atoms with van der Waals surface area (Å²) in [5, 5.41) is 0. The minimum absolute atomic E-state index is 0.831. The Morgan fingerprint density at radius 3 is 3.44 bits per heavy atom. The van der Waals surface area contributed by atoms with Crippen molar-refractivity contribution in [3.05, 3.63) is 18.6 Å². The summed E-state index contributed by atoms with van der Waals surface area (Å²) in [6.45, 7) is 0. The van der Waals surface area contributed by atoms with Crippen molar-refractivity contribution >= 4 is 17.9 Å². The lowest BCUT2D eigenvalue weighted by molar-refractivity contribution is -0.550. The molecule has 9 heavy (non-hydrogen) atoms. The first-order chi connectivity index (χ1) is 4.47. The molecule has 3 nitrogen and oxygen atoms in total. The maximum Gasteiger partial charge on any atom is 0.357 e. The molecule has 0 N–H and O–H groups in total. The van der Waals surface area contributed by atoms with E-state index < -0.39 is 0 Å². The molecule has 1 aliphatic rings. The van der Waals surface area contributed by atoms with Crippen molar-refractivity contribution < 1.29 is 4.57 Å². The number of hydrogen-bond acceptors (Lipinski definition) is 2. The van der Waals surface area contributed by atoms with E-state index in [4.69, 9.17) is 0 Å². The monoisotopic (exact) mass is 118 g/mol. The van der Waals surface area contributed by atoms with Crippen LogP contribution in [0.5, 0.6) is 0 Å². The number of rotatable bonds is 0. The van der Waals surface area contributed by atoms with Crippen LogP contribution in [0.3, 0.4) is 0 Å². The molecular formula is C6H4N3+. The molecule has 0 radical (unpaired) electrons. The van der Waals surface area contributed by atoms with Crippen molar-refractivity contribution in [2.24, 2.45) is 4.99 Å². The van der Waals surface area contributed by atoms with E-state index in [0.29, 0.717) is 0 Å². The number of fused-ring (bicyclic) bond motifs is 1. The van der Waals surface area contributed by atoms with Crippen molar-refractivity contribution in [2.75, 3.05) is 0 Å². The Bertz CT molecular complexity index is 270. The Morgan fingerprint density at radius 1 is 1.56 bits per heavy atom. The van der Waals surface area contributed by atoms with Crippen LogP contribution in [0.15, 0.2) is 23.6 Å². The predicted octanol–water partition coefficient (Wildman–Crippen LogP) is 0.155. The molecule has 1 aliphatic heterocycles. The Morgan fingerprint density at radius 2 is 2.56 bits per heavy atom. The number of aromatic nitrogens is 2. The van der Waals surface area contributed by atoms with Crippen LogP contribution < -0.4 is 4.57 Å². The predicted molar refractivity (Wildman–Crippen MR) is 32.3 cm³/mol. The van der Waals surface area contributed by atoms with Gasteiger partial charge in [0.05, 0.1) is 6.20 Å². The van der Waals surface area contributed by atoms with E-state index in [2.05, 4.69) is 15.8 Å².